The number of rotatable bonds is 10. The lowest BCUT2D eigenvalue weighted by molar-refractivity contribution is -0.155. The van der Waals surface area contributed by atoms with Crippen LogP contribution in [0.5, 0.6) is 5.75 Å². The maximum atomic E-state index is 14.6. The maximum absolute atomic E-state index is 14.6. The maximum Gasteiger partial charge on any atom is 0.324 e. The molecule has 63 heavy (non-hydrogen) atoms. The van der Waals surface area contributed by atoms with Gasteiger partial charge < -0.3 is 35.3 Å². The van der Waals surface area contributed by atoms with Gasteiger partial charge in [0.05, 0.1) is 30.6 Å². The number of phenols is 1. The molecule has 5 heterocycles. The third-order valence-electron chi connectivity index (χ3n) is 12.3. The number of nitrogens with zero attached hydrogens (tertiary/aromatic N) is 4. The van der Waals surface area contributed by atoms with Crippen LogP contribution in [0.25, 0.3) is 33.3 Å². The number of carbonyl (C=O) groups excluding carboxylic acids is 5. The van der Waals surface area contributed by atoms with Crippen LogP contribution in [0, 0.1) is 11.3 Å². The quantitative estimate of drug-likeness (QED) is 0.112. The Hall–Kier alpha value is -5.80. The number of ether oxygens (including phenoxy) is 1. The van der Waals surface area contributed by atoms with E-state index in [2.05, 4.69) is 78.8 Å². The number of phenolic OH excluding ortho intramolecular Hbond substituents is 1. The van der Waals surface area contributed by atoms with Crippen LogP contribution in [0.3, 0.4) is 0 Å². The summed E-state index contributed by atoms with van der Waals surface area (Å²) in [5, 5.41) is 22.1. The number of hydrogen-bond donors (Lipinski definition) is 5. The van der Waals surface area contributed by atoms with Crippen LogP contribution < -0.4 is 21.4 Å². The summed E-state index contributed by atoms with van der Waals surface area (Å²) in [6.45, 7) is 15.6. The number of aryl methyl sites for hydroxylation is 1. The molecule has 4 amide bonds. The highest BCUT2D eigenvalue weighted by atomic mass is 16.5. The normalized spacial score (nSPS) is 20.5. The molecule has 2 aromatic carbocycles. The van der Waals surface area contributed by atoms with E-state index < -0.39 is 47.2 Å². The van der Waals surface area contributed by atoms with E-state index in [1.54, 1.807) is 26.0 Å². The van der Waals surface area contributed by atoms with Gasteiger partial charge in [-0.25, -0.2) is 5.43 Å². The molecule has 0 unspecified atom stereocenters. The Morgan fingerprint density at radius 2 is 1.83 bits per heavy atom. The minimum atomic E-state index is -1.16. The molecule has 15 heteroatoms. The highest BCUT2D eigenvalue weighted by molar-refractivity contribution is 5.96. The lowest BCUT2D eigenvalue weighted by Gasteiger charge is -2.36. The summed E-state index contributed by atoms with van der Waals surface area (Å²) in [7, 11) is 1.50. The van der Waals surface area contributed by atoms with Crippen LogP contribution in [-0.2, 0) is 48.1 Å². The Morgan fingerprint density at radius 3 is 2.52 bits per heavy atom. The zero-order valence-corrected chi connectivity index (χ0v) is 37.7. The first-order valence-corrected chi connectivity index (χ1v) is 22.2. The fourth-order valence-electron chi connectivity index (χ4n) is 9.08. The van der Waals surface area contributed by atoms with Crippen molar-refractivity contribution in [2.75, 3.05) is 33.3 Å². The van der Waals surface area contributed by atoms with Gasteiger partial charge in [-0.15, -0.1) is 0 Å². The minimum Gasteiger partial charge on any atom is -0.508 e. The first-order chi connectivity index (χ1) is 30.0. The zero-order valence-electron chi connectivity index (χ0n) is 37.7. The van der Waals surface area contributed by atoms with Gasteiger partial charge in [-0.1, -0.05) is 53.7 Å². The molecule has 4 atom stereocenters. The van der Waals surface area contributed by atoms with Crippen molar-refractivity contribution in [2.24, 2.45) is 11.3 Å². The van der Waals surface area contributed by atoms with Gasteiger partial charge in [0.2, 0.25) is 17.7 Å². The molecule has 5 N–H and O–H groups in total. The van der Waals surface area contributed by atoms with Crippen molar-refractivity contribution in [3.05, 3.63) is 71.5 Å². The Bertz CT molecular complexity index is 2400. The van der Waals surface area contributed by atoms with E-state index in [0.717, 1.165) is 44.5 Å². The molecule has 7 rings (SSSR count). The van der Waals surface area contributed by atoms with Gasteiger partial charge in [0.1, 0.15) is 23.9 Å². The van der Waals surface area contributed by atoms with Crippen LogP contribution >= 0.6 is 0 Å². The molecule has 0 saturated carbocycles. The topological polar surface area (TPSA) is 197 Å². The van der Waals surface area contributed by atoms with Crippen molar-refractivity contribution in [3.63, 3.8) is 0 Å². The molecule has 0 aliphatic carbocycles. The van der Waals surface area contributed by atoms with Gasteiger partial charge >= 0.3 is 5.97 Å². The van der Waals surface area contributed by atoms with Crippen LogP contribution in [-0.4, -0.2) is 112 Å². The summed E-state index contributed by atoms with van der Waals surface area (Å²) in [5.41, 5.74) is 10.0. The Labute approximate surface area is 369 Å². The predicted molar refractivity (Wildman–Crippen MR) is 240 cm³/mol. The number of cyclic esters (lactones) is 1. The molecule has 3 aliphatic heterocycles. The highest BCUT2D eigenvalue weighted by Gasteiger charge is 2.38. The van der Waals surface area contributed by atoms with E-state index >= 15 is 0 Å². The van der Waals surface area contributed by atoms with E-state index in [9.17, 15) is 29.1 Å². The van der Waals surface area contributed by atoms with Crippen LogP contribution in [0.4, 0.5) is 0 Å². The Kier molecular flexibility index (Phi) is 13.3. The van der Waals surface area contributed by atoms with Crippen molar-refractivity contribution in [2.45, 2.75) is 111 Å². The first kappa shape index (κ1) is 45.2. The van der Waals surface area contributed by atoms with Crippen molar-refractivity contribution < 1.29 is 33.8 Å². The summed E-state index contributed by atoms with van der Waals surface area (Å²) < 4.78 is 8.41. The number of fused-ring (bicyclic) bond motifs is 6. The summed E-state index contributed by atoms with van der Waals surface area (Å²) in [5.74, 6) is -2.47. The van der Waals surface area contributed by atoms with Gasteiger partial charge in [0.25, 0.3) is 5.91 Å². The van der Waals surface area contributed by atoms with Gasteiger partial charge in [0.15, 0.2) is 0 Å². The second-order valence-corrected chi connectivity index (χ2v) is 18.7. The number of aromatic nitrogens is 2. The number of esters is 1. The number of benzene rings is 2. The average Bonchev–Trinajstić information content (AvgIpc) is 4.06. The number of pyridine rings is 1. The Morgan fingerprint density at radius 1 is 1.06 bits per heavy atom. The number of amides is 4. The van der Waals surface area contributed by atoms with E-state index in [-0.39, 0.29) is 55.7 Å². The summed E-state index contributed by atoms with van der Waals surface area (Å²) in [4.78, 5) is 74.5. The third-order valence-corrected chi connectivity index (χ3v) is 12.3. The van der Waals surface area contributed by atoms with E-state index in [1.807, 2.05) is 24.4 Å². The number of carbonyl (C=O) groups is 5. The lowest BCUT2D eigenvalue weighted by Crippen LogP contribution is -2.62. The zero-order chi connectivity index (χ0) is 45.3. The monoisotopic (exact) mass is 862 g/mol. The standard InChI is InChI=1S/C48H62N8O7/c1-9-55-39-15-14-30-22-34(39)35(43(55)33-12-10-16-49-41(33)27(2)3)23-48(6,7)26-63-47(62)36-13-11-17-56(53-36)46(61)37(20-29-18-31(30)21-32(57)19-29)52-45(60)42(28(4)5)54(8)40(58)25-51-44(59)38-24-50-38/h10,12,14-16,18-19,21-22,27-28,36-38,42,50,53,57H,9,11,13,17,20,23-26H2,1-8H3,(H,51,59)(H,52,60)/t36-,37-,38+,42-/m0/s1. The number of likely N-dealkylation sites (N-methyl/N-ethyl adjacent to an activating group) is 1. The van der Waals surface area contributed by atoms with E-state index in [1.165, 1.54) is 17.0 Å². The molecule has 2 fully saturated rings. The van der Waals surface area contributed by atoms with Gasteiger partial charge in [-0.2, -0.15) is 0 Å². The fraction of sp³-hybridized carbons (Fsp3) is 0.500. The molecular formula is C48H62N8O7. The average molecular weight is 863 g/mol. The summed E-state index contributed by atoms with van der Waals surface area (Å²) >= 11 is 0. The van der Waals surface area contributed by atoms with Crippen molar-refractivity contribution in [1.29, 1.82) is 0 Å². The SMILES string of the molecule is CCn1c(-c2cccnc2C(C)C)c2c3cc(ccc31)-c1cc(O)cc(c1)C[C@H](NC(=O)[C@H](C(C)C)N(C)C(=O)CNC(=O)[C@H]1CN1)C(=O)N1CCC[C@H](N1)C(=O)OCC(C)(C)C2. The lowest BCUT2D eigenvalue weighted by atomic mass is 9.83. The van der Waals surface area contributed by atoms with Crippen molar-refractivity contribution >= 4 is 40.5 Å². The number of hydrogen-bond acceptors (Lipinski definition) is 10. The Balaban J connectivity index is 1.31. The largest absolute Gasteiger partial charge is 0.508 e. The number of hydrazine groups is 1. The smallest absolute Gasteiger partial charge is 0.324 e. The van der Waals surface area contributed by atoms with Crippen molar-refractivity contribution in [1.82, 2.24) is 40.8 Å². The second kappa shape index (κ2) is 18.5. The molecule has 2 aromatic heterocycles. The second-order valence-electron chi connectivity index (χ2n) is 18.7. The van der Waals surface area contributed by atoms with Gasteiger partial charge in [-0.3, -0.25) is 34.0 Å². The predicted octanol–water partition coefficient (Wildman–Crippen LogP) is 4.44. The fourth-order valence-corrected chi connectivity index (χ4v) is 9.08. The molecule has 6 bridgehead atoms. The van der Waals surface area contributed by atoms with Gasteiger partial charge in [-0.05, 0) is 96.7 Å². The molecule has 15 nitrogen and oxygen atoms in total. The van der Waals surface area contributed by atoms with E-state index in [4.69, 9.17) is 9.72 Å². The molecule has 336 valence electrons. The highest BCUT2D eigenvalue weighted by Crippen LogP contribution is 2.42. The van der Waals surface area contributed by atoms with Crippen molar-refractivity contribution in [3.8, 4) is 28.1 Å². The molecule has 4 aromatic rings. The third kappa shape index (κ3) is 9.89. The number of aromatic hydroxyl groups is 1. The first-order valence-electron chi connectivity index (χ1n) is 22.2. The van der Waals surface area contributed by atoms with Gasteiger partial charge in [0, 0.05) is 61.2 Å². The minimum absolute atomic E-state index is 0.00706. The van der Waals surface area contributed by atoms with Crippen LogP contribution in [0.15, 0.2) is 54.7 Å². The molecular weight excluding hydrogens is 801 g/mol. The molecule has 0 radical (unpaired) electrons. The van der Waals surface area contributed by atoms with E-state index in [0.29, 0.717) is 37.9 Å². The molecule has 0 spiro atoms. The molecule has 3 aliphatic rings. The van der Waals surface area contributed by atoms with Crippen LogP contribution in [0.1, 0.15) is 84.0 Å². The molecule has 2 saturated heterocycles. The summed E-state index contributed by atoms with van der Waals surface area (Å²) in [6, 6.07) is 12.3. The van der Waals surface area contributed by atoms with Crippen LogP contribution in [0.2, 0.25) is 0 Å². The summed E-state index contributed by atoms with van der Waals surface area (Å²) in [6.07, 6.45) is 3.35. The number of nitrogens with one attached hydrogen (secondary N) is 4.